The molecule has 30 heavy (non-hydrogen) atoms. The lowest BCUT2D eigenvalue weighted by Gasteiger charge is -2.35. The minimum Gasteiger partial charge on any atom is -0.497 e. The largest absolute Gasteiger partial charge is 0.497 e. The zero-order valence-electron chi connectivity index (χ0n) is 17.3. The zero-order valence-corrected chi connectivity index (χ0v) is 18.1. The number of rotatable bonds is 6. The molecule has 8 heteroatoms. The third kappa shape index (κ3) is 5.36. The molecular weight excluding hydrogens is 406 g/mol. The van der Waals surface area contributed by atoms with E-state index in [1.54, 1.807) is 30.2 Å². The normalized spacial score (nSPS) is 13.4. The van der Waals surface area contributed by atoms with E-state index < -0.39 is 0 Å². The van der Waals surface area contributed by atoms with Gasteiger partial charge in [0, 0.05) is 44.4 Å². The number of ether oxygens (including phenoxy) is 2. The van der Waals surface area contributed by atoms with Gasteiger partial charge in [0.15, 0.2) is 0 Å². The Hall–Kier alpha value is -2.93. The van der Waals surface area contributed by atoms with Crippen molar-refractivity contribution in [3.05, 3.63) is 53.6 Å². The van der Waals surface area contributed by atoms with Gasteiger partial charge in [-0.15, -0.1) is 12.4 Å². The first-order valence-electron chi connectivity index (χ1n) is 9.66. The van der Waals surface area contributed by atoms with Gasteiger partial charge in [-0.2, -0.15) is 0 Å². The van der Waals surface area contributed by atoms with Crippen LogP contribution in [0.1, 0.15) is 22.3 Å². The SMILES string of the molecule is COc1ccc(C(=O)N2CCN(C(=O)CCc3ccccc3N)CC2)c(OC)c1.Cl. The van der Waals surface area contributed by atoms with E-state index in [1.165, 1.54) is 7.11 Å². The second kappa shape index (κ2) is 10.7. The molecule has 0 aromatic heterocycles. The highest BCUT2D eigenvalue weighted by atomic mass is 35.5. The van der Waals surface area contributed by atoms with Gasteiger partial charge in [0.25, 0.3) is 5.91 Å². The average Bonchev–Trinajstić information content (AvgIpc) is 2.77. The maximum absolute atomic E-state index is 12.9. The van der Waals surface area contributed by atoms with Crippen molar-refractivity contribution in [3.8, 4) is 11.5 Å². The van der Waals surface area contributed by atoms with Gasteiger partial charge >= 0.3 is 0 Å². The standard InChI is InChI=1S/C22H27N3O4.ClH/c1-28-17-8-9-18(20(15-17)29-2)22(27)25-13-11-24(12-14-25)21(26)10-7-16-5-3-4-6-19(16)23;/h3-6,8-9,15H,7,10-14,23H2,1-2H3;1H. The summed E-state index contributed by atoms with van der Waals surface area (Å²) in [5, 5.41) is 0. The van der Waals surface area contributed by atoms with Crippen molar-refractivity contribution in [2.24, 2.45) is 0 Å². The number of carbonyl (C=O) groups excluding carboxylic acids is 2. The molecule has 7 nitrogen and oxygen atoms in total. The highest BCUT2D eigenvalue weighted by Crippen LogP contribution is 2.26. The van der Waals surface area contributed by atoms with Crippen molar-refractivity contribution in [3.63, 3.8) is 0 Å². The van der Waals surface area contributed by atoms with Gasteiger partial charge in [0.1, 0.15) is 11.5 Å². The van der Waals surface area contributed by atoms with Crippen LogP contribution in [0.4, 0.5) is 5.69 Å². The van der Waals surface area contributed by atoms with E-state index in [4.69, 9.17) is 15.2 Å². The molecule has 1 aliphatic heterocycles. The number of halogens is 1. The van der Waals surface area contributed by atoms with Crippen LogP contribution in [-0.2, 0) is 11.2 Å². The molecule has 0 spiro atoms. The fourth-order valence-electron chi connectivity index (χ4n) is 3.47. The number of amides is 2. The monoisotopic (exact) mass is 433 g/mol. The number of anilines is 1. The summed E-state index contributed by atoms with van der Waals surface area (Å²) in [5.74, 6) is 1.09. The lowest BCUT2D eigenvalue weighted by molar-refractivity contribution is -0.132. The van der Waals surface area contributed by atoms with Crippen LogP contribution in [0.25, 0.3) is 0 Å². The first-order chi connectivity index (χ1) is 14.0. The van der Waals surface area contributed by atoms with Gasteiger partial charge in [0.05, 0.1) is 19.8 Å². The average molecular weight is 434 g/mol. The Balaban J connectivity index is 0.00000320. The predicted molar refractivity (Wildman–Crippen MR) is 118 cm³/mol. The second-order valence-electron chi connectivity index (χ2n) is 6.94. The van der Waals surface area contributed by atoms with Crippen LogP contribution in [-0.4, -0.2) is 62.0 Å². The Kier molecular flexibility index (Phi) is 8.35. The smallest absolute Gasteiger partial charge is 0.257 e. The maximum Gasteiger partial charge on any atom is 0.257 e. The number of piperazine rings is 1. The molecule has 1 heterocycles. The van der Waals surface area contributed by atoms with Crippen LogP contribution in [0.15, 0.2) is 42.5 Å². The Morgan fingerprint density at radius 1 is 0.967 bits per heavy atom. The molecule has 2 aromatic carbocycles. The van der Waals surface area contributed by atoms with E-state index in [-0.39, 0.29) is 24.2 Å². The summed E-state index contributed by atoms with van der Waals surface area (Å²) in [6.45, 7) is 2.03. The molecular formula is C22H28ClN3O4. The highest BCUT2D eigenvalue weighted by Gasteiger charge is 2.26. The van der Waals surface area contributed by atoms with Crippen molar-refractivity contribution >= 4 is 29.9 Å². The molecule has 2 aromatic rings. The third-order valence-electron chi connectivity index (χ3n) is 5.22. The summed E-state index contributed by atoms with van der Waals surface area (Å²) < 4.78 is 10.5. The molecule has 1 saturated heterocycles. The van der Waals surface area contributed by atoms with E-state index >= 15 is 0 Å². The maximum atomic E-state index is 12.9. The first-order valence-corrected chi connectivity index (χ1v) is 9.66. The Morgan fingerprint density at radius 3 is 2.27 bits per heavy atom. The Morgan fingerprint density at radius 2 is 1.63 bits per heavy atom. The fraction of sp³-hybridized carbons (Fsp3) is 0.364. The molecule has 0 atom stereocenters. The summed E-state index contributed by atoms with van der Waals surface area (Å²) in [6, 6.07) is 12.7. The van der Waals surface area contributed by atoms with E-state index in [0.717, 1.165) is 5.56 Å². The number of nitrogens with two attached hydrogens (primary N) is 1. The van der Waals surface area contributed by atoms with E-state index in [0.29, 0.717) is 61.8 Å². The number of para-hydroxylation sites is 1. The number of hydrogen-bond donors (Lipinski definition) is 1. The van der Waals surface area contributed by atoms with E-state index in [1.807, 2.05) is 29.2 Å². The van der Waals surface area contributed by atoms with Crippen molar-refractivity contribution in [2.75, 3.05) is 46.1 Å². The number of nitrogens with zero attached hydrogens (tertiary/aromatic N) is 2. The van der Waals surface area contributed by atoms with E-state index in [9.17, 15) is 9.59 Å². The van der Waals surface area contributed by atoms with Gasteiger partial charge in [0.2, 0.25) is 5.91 Å². The Bertz CT molecular complexity index is 882. The Labute approximate surface area is 183 Å². The quantitative estimate of drug-likeness (QED) is 0.708. The van der Waals surface area contributed by atoms with Gasteiger partial charge in [-0.1, -0.05) is 18.2 Å². The van der Waals surface area contributed by atoms with Crippen LogP contribution in [0.5, 0.6) is 11.5 Å². The minimum atomic E-state index is -0.103. The number of benzene rings is 2. The first kappa shape index (κ1) is 23.3. The molecule has 1 aliphatic rings. The van der Waals surface area contributed by atoms with Crippen molar-refractivity contribution in [2.45, 2.75) is 12.8 Å². The molecule has 0 aliphatic carbocycles. The number of hydrogen-bond acceptors (Lipinski definition) is 5. The summed E-state index contributed by atoms with van der Waals surface area (Å²) in [6.07, 6.45) is 1.03. The highest BCUT2D eigenvalue weighted by molar-refractivity contribution is 5.97. The molecule has 2 N–H and O–H groups in total. The predicted octanol–water partition coefficient (Wildman–Crippen LogP) is 2.63. The number of aryl methyl sites for hydroxylation is 1. The fourth-order valence-corrected chi connectivity index (χ4v) is 3.47. The molecule has 0 saturated carbocycles. The van der Waals surface area contributed by atoms with Gasteiger partial charge in [-0.05, 0) is 30.2 Å². The molecule has 162 valence electrons. The molecule has 2 amide bonds. The number of carbonyl (C=O) groups is 2. The van der Waals surface area contributed by atoms with Crippen LogP contribution < -0.4 is 15.2 Å². The van der Waals surface area contributed by atoms with Crippen LogP contribution >= 0.6 is 12.4 Å². The van der Waals surface area contributed by atoms with Gasteiger partial charge in [-0.3, -0.25) is 9.59 Å². The molecule has 3 rings (SSSR count). The van der Waals surface area contributed by atoms with Gasteiger partial charge in [-0.25, -0.2) is 0 Å². The van der Waals surface area contributed by atoms with Gasteiger partial charge < -0.3 is 25.0 Å². The summed E-state index contributed by atoms with van der Waals surface area (Å²) >= 11 is 0. The lowest BCUT2D eigenvalue weighted by Crippen LogP contribution is -2.50. The zero-order chi connectivity index (χ0) is 20.8. The van der Waals surface area contributed by atoms with Crippen molar-refractivity contribution in [1.29, 1.82) is 0 Å². The molecule has 0 radical (unpaired) electrons. The van der Waals surface area contributed by atoms with Crippen LogP contribution in [0.2, 0.25) is 0 Å². The molecule has 0 unspecified atom stereocenters. The van der Waals surface area contributed by atoms with Crippen molar-refractivity contribution < 1.29 is 19.1 Å². The lowest BCUT2D eigenvalue weighted by atomic mass is 10.1. The van der Waals surface area contributed by atoms with Crippen LogP contribution in [0, 0.1) is 0 Å². The van der Waals surface area contributed by atoms with Crippen LogP contribution in [0.3, 0.4) is 0 Å². The second-order valence-corrected chi connectivity index (χ2v) is 6.94. The summed E-state index contributed by atoms with van der Waals surface area (Å²) in [5.41, 5.74) is 8.14. The van der Waals surface area contributed by atoms with E-state index in [2.05, 4.69) is 0 Å². The number of nitrogen functional groups attached to an aromatic ring is 1. The summed E-state index contributed by atoms with van der Waals surface area (Å²) in [4.78, 5) is 29.0. The minimum absolute atomic E-state index is 0. The van der Waals surface area contributed by atoms with Crippen molar-refractivity contribution in [1.82, 2.24) is 9.80 Å². The number of methoxy groups -OCH3 is 2. The third-order valence-corrected chi connectivity index (χ3v) is 5.22. The molecule has 1 fully saturated rings. The molecule has 0 bridgehead atoms. The topological polar surface area (TPSA) is 85.1 Å². The summed E-state index contributed by atoms with van der Waals surface area (Å²) in [7, 11) is 3.10.